The highest BCUT2D eigenvalue weighted by Crippen LogP contribution is 2.37. The van der Waals surface area contributed by atoms with Gasteiger partial charge in [0, 0.05) is 0 Å². The predicted molar refractivity (Wildman–Crippen MR) is 129 cm³/mol. The van der Waals surface area contributed by atoms with Crippen LogP contribution in [0.25, 0.3) is 0 Å². The van der Waals surface area contributed by atoms with Crippen LogP contribution < -0.4 is 20.2 Å². The van der Waals surface area contributed by atoms with Gasteiger partial charge in [0.25, 0.3) is 11.8 Å². The average molecular weight is 522 g/mol. The first-order valence-corrected chi connectivity index (χ1v) is 11.4. The third-order valence-corrected chi connectivity index (χ3v) is 5.02. The Balaban J connectivity index is 2.13. The number of rotatable bonds is 10. The van der Waals surface area contributed by atoms with Gasteiger partial charge < -0.3 is 14.8 Å². The summed E-state index contributed by atoms with van der Waals surface area (Å²) >= 11 is 3.48. The monoisotopic (exact) mass is 521 g/mol. The van der Waals surface area contributed by atoms with Gasteiger partial charge in [-0.1, -0.05) is 26.0 Å². The van der Waals surface area contributed by atoms with Crippen molar-refractivity contribution in [3.8, 4) is 11.5 Å². The first kappa shape index (κ1) is 26.3. The van der Waals surface area contributed by atoms with Crippen LogP contribution in [0.1, 0.15) is 50.5 Å². The van der Waals surface area contributed by atoms with Crippen LogP contribution in [0.4, 0.5) is 4.39 Å². The fraction of sp³-hybridized carbons (Fsp3) is 0.375. The Hall–Kier alpha value is -2.94. The molecule has 33 heavy (non-hydrogen) atoms. The zero-order chi connectivity index (χ0) is 24.5. The summed E-state index contributed by atoms with van der Waals surface area (Å²) in [6.07, 6.45) is 1.42. The van der Waals surface area contributed by atoms with Gasteiger partial charge in [-0.2, -0.15) is 5.10 Å². The van der Waals surface area contributed by atoms with Gasteiger partial charge in [-0.3, -0.25) is 9.59 Å². The lowest BCUT2D eigenvalue weighted by molar-refractivity contribution is -0.123. The van der Waals surface area contributed by atoms with Gasteiger partial charge in [0.2, 0.25) is 0 Å². The Morgan fingerprint density at radius 2 is 1.88 bits per heavy atom. The normalized spacial score (nSPS) is 12.2. The summed E-state index contributed by atoms with van der Waals surface area (Å²) in [5.74, 6) is -0.959. The summed E-state index contributed by atoms with van der Waals surface area (Å²) in [5.41, 5.74) is 2.97. The second kappa shape index (κ2) is 12.3. The van der Waals surface area contributed by atoms with E-state index in [0.717, 1.165) is 0 Å². The predicted octanol–water partition coefficient (Wildman–Crippen LogP) is 4.68. The van der Waals surface area contributed by atoms with E-state index in [-0.39, 0.29) is 17.6 Å². The highest BCUT2D eigenvalue weighted by molar-refractivity contribution is 9.10. The van der Waals surface area contributed by atoms with Crippen LogP contribution in [0.5, 0.6) is 11.5 Å². The van der Waals surface area contributed by atoms with Gasteiger partial charge in [-0.05, 0) is 72.4 Å². The molecule has 2 rings (SSSR count). The van der Waals surface area contributed by atoms with E-state index in [1.807, 2.05) is 20.8 Å². The third kappa shape index (κ3) is 7.56. The van der Waals surface area contributed by atoms with Crippen molar-refractivity contribution in [3.05, 3.63) is 57.8 Å². The number of nitrogens with one attached hydrogen (secondary N) is 2. The molecule has 178 valence electrons. The van der Waals surface area contributed by atoms with Crippen molar-refractivity contribution < 1.29 is 23.5 Å². The summed E-state index contributed by atoms with van der Waals surface area (Å²) in [5, 5.41) is 6.58. The minimum absolute atomic E-state index is 0.0353. The molecule has 0 aromatic heterocycles. The fourth-order valence-corrected chi connectivity index (χ4v) is 3.47. The van der Waals surface area contributed by atoms with Crippen molar-refractivity contribution in [3.63, 3.8) is 0 Å². The zero-order valence-corrected chi connectivity index (χ0v) is 20.9. The Morgan fingerprint density at radius 3 is 2.48 bits per heavy atom. The maximum Gasteiger partial charge on any atom is 0.262 e. The Labute approximate surface area is 201 Å². The van der Waals surface area contributed by atoms with E-state index in [1.165, 1.54) is 24.4 Å². The highest BCUT2D eigenvalue weighted by atomic mass is 79.9. The zero-order valence-electron chi connectivity index (χ0n) is 19.3. The van der Waals surface area contributed by atoms with Gasteiger partial charge in [-0.25, -0.2) is 9.82 Å². The number of hydrazone groups is 1. The molecular weight excluding hydrogens is 493 g/mol. The number of amides is 2. The molecule has 9 heteroatoms. The molecule has 0 aliphatic rings. The highest BCUT2D eigenvalue weighted by Gasteiger charge is 2.25. The van der Waals surface area contributed by atoms with Crippen LogP contribution in [0.3, 0.4) is 0 Å². The van der Waals surface area contributed by atoms with Gasteiger partial charge in [0.05, 0.1) is 29.0 Å². The van der Waals surface area contributed by atoms with E-state index in [1.54, 1.807) is 32.0 Å². The Kier molecular flexibility index (Phi) is 9.84. The molecule has 0 spiro atoms. The van der Waals surface area contributed by atoms with E-state index >= 15 is 0 Å². The van der Waals surface area contributed by atoms with Crippen LogP contribution in [-0.2, 0) is 4.79 Å². The van der Waals surface area contributed by atoms with Crippen molar-refractivity contribution in [2.45, 2.75) is 46.8 Å². The van der Waals surface area contributed by atoms with Crippen molar-refractivity contribution in [1.82, 2.24) is 10.7 Å². The lowest BCUT2D eigenvalue weighted by Gasteiger charge is -2.20. The van der Waals surface area contributed by atoms with Crippen LogP contribution >= 0.6 is 15.9 Å². The summed E-state index contributed by atoms with van der Waals surface area (Å²) in [7, 11) is 0. The lowest BCUT2D eigenvalue weighted by atomic mass is 10.0. The van der Waals surface area contributed by atoms with Crippen molar-refractivity contribution in [2.75, 3.05) is 6.61 Å². The van der Waals surface area contributed by atoms with Crippen LogP contribution in [-0.4, -0.2) is 36.8 Å². The summed E-state index contributed by atoms with van der Waals surface area (Å²) < 4.78 is 26.1. The average Bonchev–Trinajstić information content (AvgIpc) is 2.74. The number of carbonyl (C=O) groups is 2. The van der Waals surface area contributed by atoms with Crippen LogP contribution in [0, 0.1) is 11.7 Å². The van der Waals surface area contributed by atoms with Crippen molar-refractivity contribution >= 4 is 34.0 Å². The number of halogens is 2. The van der Waals surface area contributed by atoms with Gasteiger partial charge in [0.1, 0.15) is 11.9 Å². The largest absolute Gasteiger partial charge is 0.490 e. The molecular formula is C24H29BrFN3O4. The van der Waals surface area contributed by atoms with E-state index in [4.69, 9.17) is 9.47 Å². The molecule has 0 bridgehead atoms. The molecule has 0 saturated heterocycles. The molecule has 2 N–H and O–H groups in total. The molecule has 2 amide bonds. The minimum atomic E-state index is -0.901. The summed E-state index contributed by atoms with van der Waals surface area (Å²) in [6.45, 7) is 9.71. The number of nitrogens with zero attached hydrogens (tertiary/aromatic N) is 1. The fourth-order valence-electron chi connectivity index (χ4n) is 2.91. The molecule has 1 atom stereocenters. The van der Waals surface area contributed by atoms with E-state index in [2.05, 4.69) is 31.8 Å². The molecule has 0 aliphatic carbocycles. The SMILES string of the molecule is CCOc1cc(/C=N/NC(=O)C(NC(=O)c2ccccc2F)C(C)C)cc(Br)c1OC(C)C. The standard InChI is InChI=1S/C24H29BrFN3O4/c1-6-32-20-12-16(11-18(25)22(20)33-15(4)5)13-27-29-24(31)21(14(2)3)28-23(30)17-9-7-8-10-19(17)26/h7-15,21H,6H2,1-5H3,(H,28,30)(H,29,31)/b27-13+. The molecule has 0 heterocycles. The minimum Gasteiger partial charge on any atom is -0.490 e. The smallest absolute Gasteiger partial charge is 0.262 e. The molecule has 0 fully saturated rings. The second-order valence-electron chi connectivity index (χ2n) is 7.84. The van der Waals surface area contributed by atoms with Crippen molar-refractivity contribution in [2.24, 2.45) is 11.0 Å². The Bertz CT molecular complexity index is 1010. The number of ether oxygens (including phenoxy) is 2. The van der Waals surface area contributed by atoms with Gasteiger partial charge in [-0.15, -0.1) is 0 Å². The molecule has 2 aromatic carbocycles. The van der Waals surface area contributed by atoms with Gasteiger partial charge >= 0.3 is 0 Å². The molecule has 0 aliphatic heterocycles. The maximum atomic E-state index is 13.9. The molecule has 0 saturated carbocycles. The molecule has 7 nitrogen and oxygen atoms in total. The molecule has 1 unspecified atom stereocenters. The quantitative estimate of drug-likeness (QED) is 0.351. The van der Waals surface area contributed by atoms with E-state index in [0.29, 0.717) is 28.1 Å². The maximum absolute atomic E-state index is 13.9. The van der Waals surface area contributed by atoms with Crippen LogP contribution in [0.15, 0.2) is 46.0 Å². The molecule has 0 radical (unpaired) electrons. The number of hydrogen-bond donors (Lipinski definition) is 2. The lowest BCUT2D eigenvalue weighted by Crippen LogP contribution is -2.48. The topological polar surface area (TPSA) is 89.0 Å². The van der Waals surface area contributed by atoms with Gasteiger partial charge in [0.15, 0.2) is 11.5 Å². The molecule has 2 aromatic rings. The van der Waals surface area contributed by atoms with E-state index in [9.17, 15) is 14.0 Å². The van der Waals surface area contributed by atoms with Crippen LogP contribution in [0.2, 0.25) is 0 Å². The van der Waals surface area contributed by atoms with E-state index < -0.39 is 23.7 Å². The van der Waals surface area contributed by atoms with Crippen molar-refractivity contribution in [1.29, 1.82) is 0 Å². The summed E-state index contributed by atoms with van der Waals surface area (Å²) in [6, 6.07) is 8.23. The summed E-state index contributed by atoms with van der Waals surface area (Å²) in [4.78, 5) is 25.1. The second-order valence-corrected chi connectivity index (χ2v) is 8.69. The number of carbonyl (C=O) groups excluding carboxylic acids is 2. The number of hydrogen-bond acceptors (Lipinski definition) is 5. The first-order chi connectivity index (χ1) is 15.6. The third-order valence-electron chi connectivity index (χ3n) is 4.43. The first-order valence-electron chi connectivity index (χ1n) is 10.6. The number of benzene rings is 2. The Morgan fingerprint density at radius 1 is 1.18 bits per heavy atom.